The molecule has 10 nitrogen and oxygen atoms in total. The Morgan fingerprint density at radius 3 is 2.78 bits per heavy atom. The van der Waals surface area contributed by atoms with E-state index in [2.05, 4.69) is 26.8 Å². The van der Waals surface area contributed by atoms with Gasteiger partial charge >= 0.3 is 6.09 Å². The van der Waals surface area contributed by atoms with Crippen LogP contribution in [-0.2, 0) is 11.8 Å². The van der Waals surface area contributed by atoms with E-state index in [1.165, 1.54) is 10.9 Å². The van der Waals surface area contributed by atoms with Crippen molar-refractivity contribution in [3.63, 3.8) is 0 Å². The molecule has 11 heteroatoms. The van der Waals surface area contributed by atoms with Gasteiger partial charge in [-0.05, 0) is 44.9 Å². The van der Waals surface area contributed by atoms with E-state index in [4.69, 9.17) is 10.1 Å². The number of hydrogen-bond donors (Lipinski definition) is 3. The molecular formula is C25H29N7O3S. The van der Waals surface area contributed by atoms with Crippen molar-refractivity contribution < 1.29 is 9.53 Å². The van der Waals surface area contributed by atoms with E-state index in [0.717, 1.165) is 34.0 Å². The molecular weight excluding hydrogens is 478 g/mol. The first-order chi connectivity index (χ1) is 17.1. The number of nitrogens with one attached hydrogen (secondary N) is 3. The molecule has 1 aliphatic rings. The maximum absolute atomic E-state index is 12.5. The van der Waals surface area contributed by atoms with Crippen molar-refractivity contribution in [1.82, 2.24) is 24.4 Å². The maximum atomic E-state index is 12.5. The fourth-order valence-corrected chi connectivity index (χ4v) is 4.29. The summed E-state index contributed by atoms with van der Waals surface area (Å²) in [5.74, 6) is 0.587. The summed E-state index contributed by atoms with van der Waals surface area (Å²) >= 11 is 1.09. The Morgan fingerprint density at radius 1 is 1.33 bits per heavy atom. The third-order valence-corrected chi connectivity index (χ3v) is 6.20. The number of aromatic amines is 1. The smallest absolute Gasteiger partial charge is 0.410 e. The molecule has 1 amide bonds. The van der Waals surface area contributed by atoms with E-state index in [9.17, 15) is 9.59 Å². The first kappa shape index (κ1) is 25.2. The average Bonchev–Trinajstić information content (AvgIpc) is 3.26. The molecule has 0 bridgehead atoms. The van der Waals surface area contributed by atoms with Gasteiger partial charge in [-0.2, -0.15) is 0 Å². The minimum Gasteiger partial charge on any atom is -0.444 e. The maximum Gasteiger partial charge on any atom is 0.410 e. The van der Waals surface area contributed by atoms with E-state index in [0.29, 0.717) is 47.1 Å². The molecule has 188 valence electrons. The summed E-state index contributed by atoms with van der Waals surface area (Å²) in [4.78, 5) is 39.2. The molecule has 0 spiro atoms. The molecule has 0 aromatic carbocycles. The summed E-state index contributed by atoms with van der Waals surface area (Å²) in [7, 11) is 1.67. The molecule has 4 rings (SSSR count). The third kappa shape index (κ3) is 5.51. The van der Waals surface area contributed by atoms with E-state index in [1.54, 1.807) is 24.2 Å². The van der Waals surface area contributed by atoms with Crippen LogP contribution in [0.25, 0.3) is 21.5 Å². The van der Waals surface area contributed by atoms with Crippen LogP contribution in [0, 0.1) is 5.41 Å². The van der Waals surface area contributed by atoms with Gasteiger partial charge in [0, 0.05) is 36.9 Å². The van der Waals surface area contributed by atoms with Gasteiger partial charge in [0.1, 0.15) is 23.4 Å². The number of aryl methyl sites for hydroxylation is 1. The number of aromatic nitrogens is 4. The molecule has 0 radical (unpaired) electrons. The highest BCUT2D eigenvalue weighted by atomic mass is 32.2. The van der Waals surface area contributed by atoms with Crippen LogP contribution in [0.3, 0.4) is 0 Å². The van der Waals surface area contributed by atoms with Crippen LogP contribution in [0.15, 0.2) is 42.1 Å². The molecule has 0 saturated carbocycles. The van der Waals surface area contributed by atoms with Crippen LogP contribution in [0.5, 0.6) is 0 Å². The number of rotatable bonds is 6. The first-order valence-corrected chi connectivity index (χ1v) is 12.3. The predicted molar refractivity (Wildman–Crippen MR) is 145 cm³/mol. The summed E-state index contributed by atoms with van der Waals surface area (Å²) in [6.07, 6.45) is 5.54. The van der Waals surface area contributed by atoms with Gasteiger partial charge in [-0.25, -0.2) is 14.8 Å². The molecule has 0 aliphatic carbocycles. The Hall–Kier alpha value is -3.86. The molecule has 0 fully saturated rings. The van der Waals surface area contributed by atoms with Crippen LogP contribution in [0.4, 0.5) is 16.3 Å². The van der Waals surface area contributed by atoms with Crippen molar-refractivity contribution in [3.05, 3.63) is 58.9 Å². The standard InChI is InChI=1S/C25H29N7O3S/c1-15(36-13-26)18-10-17(12-31(5)23(18)33)29-21-19-11-20(30-22(19)28-14-27-21)16-6-8-32(9-7-16)24(34)35-25(2,3)4/h6,10-14,26H,1,7-9H2,2-5H3,(H2,27,28,29,30). The largest absolute Gasteiger partial charge is 0.444 e. The Kier molecular flexibility index (Phi) is 7.02. The number of amides is 1. The van der Waals surface area contributed by atoms with Crippen LogP contribution in [0.2, 0.25) is 0 Å². The second-order valence-corrected chi connectivity index (χ2v) is 10.4. The number of carbonyl (C=O) groups excluding carboxylic acids is 1. The Bertz CT molecular complexity index is 1430. The monoisotopic (exact) mass is 507 g/mol. The minimum absolute atomic E-state index is 0.193. The predicted octanol–water partition coefficient (Wildman–Crippen LogP) is 4.74. The summed E-state index contributed by atoms with van der Waals surface area (Å²) in [5, 5.41) is 11.4. The van der Waals surface area contributed by atoms with Crippen LogP contribution < -0.4 is 10.9 Å². The van der Waals surface area contributed by atoms with E-state index in [-0.39, 0.29) is 11.7 Å². The molecule has 0 atom stereocenters. The number of carbonyl (C=O) groups is 1. The first-order valence-electron chi connectivity index (χ1n) is 11.4. The van der Waals surface area contributed by atoms with Gasteiger partial charge in [0.05, 0.1) is 22.2 Å². The van der Waals surface area contributed by atoms with Gasteiger partial charge in [-0.15, -0.1) is 0 Å². The average molecular weight is 508 g/mol. The summed E-state index contributed by atoms with van der Waals surface area (Å²) in [6, 6.07) is 3.69. The second-order valence-electron chi connectivity index (χ2n) is 9.42. The summed E-state index contributed by atoms with van der Waals surface area (Å²) in [6.45, 7) is 10.5. The fraction of sp³-hybridized carbons (Fsp3) is 0.320. The zero-order chi connectivity index (χ0) is 26.0. The Balaban J connectivity index is 1.58. The SMILES string of the molecule is C=C(SC=N)c1cc(Nc2ncnc3[nH]c(C4=CCN(C(=O)OC(C)(C)C)CC4)cc23)cn(C)c1=O. The highest BCUT2D eigenvalue weighted by molar-refractivity contribution is 8.19. The number of anilines is 2. The topological polar surface area (TPSA) is 129 Å². The number of nitrogens with zero attached hydrogens (tertiary/aromatic N) is 4. The molecule has 4 heterocycles. The molecule has 36 heavy (non-hydrogen) atoms. The normalized spacial score (nSPS) is 13.9. The van der Waals surface area contributed by atoms with E-state index >= 15 is 0 Å². The zero-order valence-electron chi connectivity index (χ0n) is 20.7. The van der Waals surface area contributed by atoms with Gasteiger partial charge < -0.3 is 29.9 Å². The minimum atomic E-state index is -0.529. The molecule has 1 aliphatic heterocycles. The number of H-pyrrole nitrogens is 1. The number of ether oxygens (including phenoxy) is 1. The quantitative estimate of drug-likeness (QED) is 0.325. The van der Waals surface area contributed by atoms with Crippen molar-refractivity contribution in [2.75, 3.05) is 18.4 Å². The van der Waals surface area contributed by atoms with Crippen LogP contribution in [-0.4, -0.2) is 54.7 Å². The lowest BCUT2D eigenvalue weighted by Gasteiger charge is -2.29. The molecule has 3 aromatic heterocycles. The van der Waals surface area contributed by atoms with Crippen molar-refractivity contribution >= 4 is 56.4 Å². The van der Waals surface area contributed by atoms with Crippen molar-refractivity contribution in [3.8, 4) is 0 Å². The van der Waals surface area contributed by atoms with Gasteiger partial charge in [-0.3, -0.25) is 4.79 Å². The molecule has 0 unspecified atom stereocenters. The number of fused-ring (bicyclic) bond motifs is 1. The number of hydrogen-bond acceptors (Lipinski definition) is 8. The van der Waals surface area contributed by atoms with E-state index in [1.807, 2.05) is 32.9 Å². The van der Waals surface area contributed by atoms with Gasteiger partial charge in [0.2, 0.25) is 0 Å². The van der Waals surface area contributed by atoms with Crippen LogP contribution >= 0.6 is 11.8 Å². The van der Waals surface area contributed by atoms with Crippen molar-refractivity contribution in [1.29, 1.82) is 5.41 Å². The Morgan fingerprint density at radius 2 is 2.11 bits per heavy atom. The van der Waals surface area contributed by atoms with Crippen molar-refractivity contribution in [2.45, 2.75) is 32.8 Å². The molecule has 3 aromatic rings. The second kappa shape index (κ2) is 10.0. The van der Waals surface area contributed by atoms with Crippen LogP contribution in [0.1, 0.15) is 38.4 Å². The zero-order valence-corrected chi connectivity index (χ0v) is 21.5. The third-order valence-electron chi connectivity index (χ3n) is 5.58. The Labute approximate surface area is 213 Å². The van der Waals surface area contributed by atoms with Gasteiger partial charge in [0.15, 0.2) is 0 Å². The highest BCUT2D eigenvalue weighted by Crippen LogP contribution is 2.30. The van der Waals surface area contributed by atoms with E-state index < -0.39 is 5.60 Å². The molecule has 3 N–H and O–H groups in total. The lowest BCUT2D eigenvalue weighted by molar-refractivity contribution is 0.0270. The number of pyridine rings is 1. The lowest BCUT2D eigenvalue weighted by atomic mass is 10.1. The molecule has 0 saturated heterocycles. The number of thioether (sulfide) groups is 1. The summed E-state index contributed by atoms with van der Waals surface area (Å²) in [5.41, 5.74) is 4.16. The summed E-state index contributed by atoms with van der Waals surface area (Å²) < 4.78 is 6.95. The van der Waals surface area contributed by atoms with Gasteiger partial charge in [0.25, 0.3) is 5.56 Å². The van der Waals surface area contributed by atoms with Crippen molar-refractivity contribution in [2.24, 2.45) is 7.05 Å². The van der Waals surface area contributed by atoms with Gasteiger partial charge in [-0.1, -0.05) is 24.4 Å². The fourth-order valence-electron chi connectivity index (χ4n) is 3.87. The highest BCUT2D eigenvalue weighted by Gasteiger charge is 2.24. The lowest BCUT2D eigenvalue weighted by Crippen LogP contribution is -2.39.